The van der Waals surface area contributed by atoms with Crippen LogP contribution in [0.15, 0.2) is 48.5 Å². The molecule has 2 aromatic carbocycles. The number of benzene rings is 2. The Labute approximate surface area is 170 Å². The number of nitrogens with one attached hydrogen (secondary N) is 2. The molecule has 1 aliphatic rings. The van der Waals surface area contributed by atoms with Gasteiger partial charge in [-0.1, -0.05) is 19.1 Å². The third-order valence-corrected chi connectivity index (χ3v) is 5.19. The molecule has 0 aliphatic carbocycles. The molecule has 1 fully saturated rings. The van der Waals surface area contributed by atoms with Gasteiger partial charge in [0.25, 0.3) is 5.69 Å². The Morgan fingerprint density at radius 3 is 2.38 bits per heavy atom. The molecule has 3 rings (SSSR count). The summed E-state index contributed by atoms with van der Waals surface area (Å²) < 4.78 is 0. The molecule has 0 unspecified atom stereocenters. The summed E-state index contributed by atoms with van der Waals surface area (Å²) in [7, 11) is 0. The van der Waals surface area contributed by atoms with E-state index in [0.717, 1.165) is 38.4 Å². The Morgan fingerprint density at radius 2 is 1.76 bits per heavy atom. The largest absolute Gasteiger partial charge is 0.374 e. The summed E-state index contributed by atoms with van der Waals surface area (Å²) in [6.45, 7) is 9.15. The van der Waals surface area contributed by atoms with E-state index in [9.17, 15) is 14.9 Å². The standard InChI is InChI=1S/C21H27N5O3/c1-3-24-12-14-25(15-13-24)18-10-8-17(9-11-18)22-16(2)21(27)23-19-6-4-5-7-20(19)26(28)29/h4-11,16,22H,3,12-15H2,1-2H3,(H,23,27)/t16-/m1/s1. The lowest BCUT2D eigenvalue weighted by atomic mass is 10.2. The minimum atomic E-state index is -0.547. The zero-order valence-electron chi connectivity index (χ0n) is 16.8. The number of piperazine rings is 1. The van der Waals surface area contributed by atoms with Crippen molar-refractivity contribution in [2.45, 2.75) is 19.9 Å². The SMILES string of the molecule is CCN1CCN(c2ccc(N[C@H](C)C(=O)Nc3ccccc3[N+](=O)[O-])cc2)CC1. The van der Waals surface area contributed by atoms with E-state index in [1.165, 1.54) is 17.8 Å². The van der Waals surface area contributed by atoms with Crippen LogP contribution in [0.4, 0.5) is 22.7 Å². The van der Waals surface area contributed by atoms with Crippen molar-refractivity contribution >= 4 is 28.7 Å². The molecule has 2 aromatic rings. The van der Waals surface area contributed by atoms with Gasteiger partial charge in [0.05, 0.1) is 4.92 Å². The highest BCUT2D eigenvalue weighted by atomic mass is 16.6. The van der Waals surface area contributed by atoms with Gasteiger partial charge in [0.1, 0.15) is 11.7 Å². The van der Waals surface area contributed by atoms with Gasteiger partial charge in [0.2, 0.25) is 5.91 Å². The Kier molecular flexibility index (Phi) is 6.66. The number of nitrogens with zero attached hydrogens (tertiary/aromatic N) is 3. The smallest absolute Gasteiger partial charge is 0.292 e. The number of hydrogen-bond donors (Lipinski definition) is 2. The van der Waals surface area contributed by atoms with Crippen LogP contribution in [-0.2, 0) is 4.79 Å². The number of nitro benzene ring substituents is 1. The van der Waals surface area contributed by atoms with Crippen LogP contribution in [0.2, 0.25) is 0 Å². The molecule has 1 heterocycles. The Morgan fingerprint density at radius 1 is 1.10 bits per heavy atom. The number of nitro groups is 1. The first-order chi connectivity index (χ1) is 14.0. The first-order valence-electron chi connectivity index (χ1n) is 9.86. The predicted octanol–water partition coefficient (Wildman–Crippen LogP) is 3.18. The maximum Gasteiger partial charge on any atom is 0.292 e. The maximum absolute atomic E-state index is 12.5. The molecule has 0 bridgehead atoms. The average molecular weight is 397 g/mol. The van der Waals surface area contributed by atoms with Gasteiger partial charge in [-0.15, -0.1) is 0 Å². The van der Waals surface area contributed by atoms with Crippen LogP contribution in [0.1, 0.15) is 13.8 Å². The Balaban J connectivity index is 1.57. The van der Waals surface area contributed by atoms with Crippen LogP contribution in [0.3, 0.4) is 0 Å². The van der Waals surface area contributed by atoms with E-state index >= 15 is 0 Å². The molecule has 1 amide bonds. The summed E-state index contributed by atoms with van der Waals surface area (Å²) in [5, 5.41) is 16.9. The number of para-hydroxylation sites is 2. The lowest BCUT2D eigenvalue weighted by Gasteiger charge is -2.35. The highest BCUT2D eigenvalue weighted by molar-refractivity contribution is 5.98. The van der Waals surface area contributed by atoms with Gasteiger partial charge in [-0.2, -0.15) is 0 Å². The van der Waals surface area contributed by atoms with E-state index in [0.29, 0.717) is 0 Å². The van der Waals surface area contributed by atoms with Crippen molar-refractivity contribution in [2.75, 3.05) is 48.3 Å². The van der Waals surface area contributed by atoms with Crippen molar-refractivity contribution < 1.29 is 9.72 Å². The van der Waals surface area contributed by atoms with Crippen molar-refractivity contribution in [3.63, 3.8) is 0 Å². The molecule has 0 radical (unpaired) electrons. The molecule has 0 saturated carbocycles. The van der Waals surface area contributed by atoms with Crippen LogP contribution in [0.25, 0.3) is 0 Å². The summed E-state index contributed by atoms with van der Waals surface area (Å²) in [4.78, 5) is 27.8. The molecule has 0 aromatic heterocycles. The molecule has 29 heavy (non-hydrogen) atoms. The highest BCUT2D eigenvalue weighted by Gasteiger charge is 2.19. The van der Waals surface area contributed by atoms with Crippen LogP contribution in [0.5, 0.6) is 0 Å². The first-order valence-corrected chi connectivity index (χ1v) is 9.86. The van der Waals surface area contributed by atoms with E-state index in [1.54, 1.807) is 19.1 Å². The fourth-order valence-corrected chi connectivity index (χ4v) is 3.39. The predicted molar refractivity (Wildman–Crippen MR) is 116 cm³/mol. The minimum Gasteiger partial charge on any atom is -0.374 e. The molecular weight excluding hydrogens is 370 g/mol. The topological polar surface area (TPSA) is 90.8 Å². The molecule has 8 nitrogen and oxygen atoms in total. The van der Waals surface area contributed by atoms with Crippen LogP contribution in [0, 0.1) is 10.1 Å². The highest BCUT2D eigenvalue weighted by Crippen LogP contribution is 2.24. The quantitative estimate of drug-likeness (QED) is 0.551. The summed E-state index contributed by atoms with van der Waals surface area (Å²) in [5.74, 6) is -0.334. The number of rotatable bonds is 7. The molecule has 2 N–H and O–H groups in total. The first kappa shape index (κ1) is 20.6. The number of anilines is 3. The number of carbonyl (C=O) groups excluding carboxylic acids is 1. The second-order valence-corrected chi connectivity index (χ2v) is 7.10. The average Bonchev–Trinajstić information content (AvgIpc) is 2.74. The second-order valence-electron chi connectivity index (χ2n) is 7.10. The molecule has 154 valence electrons. The van der Waals surface area contributed by atoms with Crippen molar-refractivity contribution in [3.8, 4) is 0 Å². The van der Waals surface area contributed by atoms with Gasteiger partial charge in [-0.3, -0.25) is 14.9 Å². The van der Waals surface area contributed by atoms with Crippen LogP contribution >= 0.6 is 0 Å². The molecular formula is C21H27N5O3. The normalized spacial score (nSPS) is 15.6. The van der Waals surface area contributed by atoms with Crippen molar-refractivity contribution in [1.82, 2.24) is 4.90 Å². The maximum atomic E-state index is 12.5. The number of carbonyl (C=O) groups is 1. The zero-order valence-corrected chi connectivity index (χ0v) is 16.8. The summed E-state index contributed by atoms with van der Waals surface area (Å²) in [6, 6.07) is 13.6. The summed E-state index contributed by atoms with van der Waals surface area (Å²) in [5.41, 5.74) is 2.06. The molecule has 0 spiro atoms. The second kappa shape index (κ2) is 9.38. The van der Waals surface area contributed by atoms with Gasteiger partial charge in [-0.05, 0) is 43.8 Å². The van der Waals surface area contributed by atoms with Crippen LogP contribution < -0.4 is 15.5 Å². The number of likely N-dealkylation sites (N-methyl/N-ethyl adjacent to an activating group) is 1. The fourth-order valence-electron chi connectivity index (χ4n) is 3.39. The van der Waals surface area contributed by atoms with Gasteiger partial charge in [0, 0.05) is 43.6 Å². The van der Waals surface area contributed by atoms with Crippen LogP contribution in [-0.4, -0.2) is 54.5 Å². The molecule has 1 saturated heterocycles. The lowest BCUT2D eigenvalue weighted by Crippen LogP contribution is -2.46. The summed E-state index contributed by atoms with van der Waals surface area (Å²) >= 11 is 0. The monoisotopic (exact) mass is 397 g/mol. The molecule has 1 aliphatic heterocycles. The lowest BCUT2D eigenvalue weighted by molar-refractivity contribution is -0.383. The zero-order chi connectivity index (χ0) is 20.8. The number of amides is 1. The van der Waals surface area contributed by atoms with E-state index in [4.69, 9.17) is 0 Å². The van der Waals surface area contributed by atoms with Gasteiger partial charge < -0.3 is 20.4 Å². The Hall–Kier alpha value is -3.13. The third-order valence-electron chi connectivity index (χ3n) is 5.19. The van der Waals surface area contributed by atoms with E-state index in [2.05, 4.69) is 39.5 Å². The van der Waals surface area contributed by atoms with E-state index < -0.39 is 11.0 Å². The van der Waals surface area contributed by atoms with E-state index in [-0.39, 0.29) is 17.3 Å². The van der Waals surface area contributed by atoms with Crippen molar-refractivity contribution in [3.05, 3.63) is 58.6 Å². The fraction of sp³-hybridized carbons (Fsp3) is 0.381. The van der Waals surface area contributed by atoms with Crippen molar-refractivity contribution in [1.29, 1.82) is 0 Å². The number of hydrogen-bond acceptors (Lipinski definition) is 6. The van der Waals surface area contributed by atoms with Gasteiger partial charge in [0.15, 0.2) is 0 Å². The summed E-state index contributed by atoms with van der Waals surface area (Å²) in [6.07, 6.45) is 0. The van der Waals surface area contributed by atoms with Gasteiger partial charge in [-0.25, -0.2) is 0 Å². The van der Waals surface area contributed by atoms with Crippen molar-refractivity contribution in [2.24, 2.45) is 0 Å². The molecule has 1 atom stereocenters. The third kappa shape index (κ3) is 5.23. The van der Waals surface area contributed by atoms with Gasteiger partial charge >= 0.3 is 0 Å². The Bertz CT molecular complexity index is 848. The molecule has 8 heteroatoms. The van der Waals surface area contributed by atoms with E-state index in [1.807, 2.05) is 12.1 Å². The minimum absolute atomic E-state index is 0.124.